The summed E-state index contributed by atoms with van der Waals surface area (Å²) in [7, 11) is 0. The highest BCUT2D eigenvalue weighted by molar-refractivity contribution is 7.16. The van der Waals surface area contributed by atoms with Crippen LogP contribution in [0.3, 0.4) is 0 Å². The van der Waals surface area contributed by atoms with Crippen molar-refractivity contribution in [3.63, 3.8) is 0 Å². The fourth-order valence-electron chi connectivity index (χ4n) is 3.11. The summed E-state index contributed by atoms with van der Waals surface area (Å²) in [6.07, 6.45) is 6.12. The number of hydrogen-bond acceptors (Lipinski definition) is 9. The van der Waals surface area contributed by atoms with Gasteiger partial charge in [0.1, 0.15) is 10.4 Å². The highest BCUT2D eigenvalue weighted by Gasteiger charge is 2.09. The van der Waals surface area contributed by atoms with Crippen molar-refractivity contribution in [1.82, 2.24) is 14.9 Å². The monoisotopic (exact) mass is 524 g/mol. The lowest BCUT2D eigenvalue weighted by atomic mass is 10.3. The Labute approximate surface area is 208 Å². The molecule has 0 radical (unpaired) electrons. The van der Waals surface area contributed by atoms with Crippen LogP contribution in [-0.2, 0) is 4.74 Å². The zero-order valence-corrected chi connectivity index (χ0v) is 20.7. The van der Waals surface area contributed by atoms with E-state index in [1.807, 2.05) is 6.08 Å². The quantitative estimate of drug-likeness (QED) is 0.346. The summed E-state index contributed by atoms with van der Waals surface area (Å²) in [5.74, 6) is 0. The van der Waals surface area contributed by atoms with Crippen LogP contribution in [-0.4, -0.2) is 54.3 Å². The second kappa shape index (κ2) is 11.9. The third-order valence-electron chi connectivity index (χ3n) is 4.76. The van der Waals surface area contributed by atoms with Gasteiger partial charge < -0.3 is 15.0 Å². The van der Waals surface area contributed by atoms with E-state index in [1.165, 1.54) is 28.9 Å². The minimum Gasteiger partial charge on any atom is -0.379 e. The molecular weight excluding hydrogens is 503 g/mol. The Morgan fingerprint density at radius 1 is 1.27 bits per heavy atom. The van der Waals surface area contributed by atoms with E-state index in [9.17, 15) is 4.79 Å². The average molecular weight is 525 g/mol. The van der Waals surface area contributed by atoms with Crippen molar-refractivity contribution >= 4 is 69.0 Å². The fraction of sp³-hybridized carbons (Fsp3) is 0.333. The molecule has 1 aromatic carbocycles. The average Bonchev–Trinajstić information content (AvgIpc) is 3.40. The van der Waals surface area contributed by atoms with Gasteiger partial charge in [-0.05, 0) is 37.2 Å². The number of benzene rings is 1. The molecule has 0 atom stereocenters. The number of halogens is 2. The van der Waals surface area contributed by atoms with E-state index in [1.54, 1.807) is 24.4 Å². The molecule has 0 spiro atoms. The molecule has 2 aromatic heterocycles. The van der Waals surface area contributed by atoms with Crippen LogP contribution in [0.2, 0.25) is 10.0 Å². The number of nitrogens with one attached hydrogen (secondary N) is 2. The summed E-state index contributed by atoms with van der Waals surface area (Å²) in [5, 5.41) is 13.2. The van der Waals surface area contributed by atoms with Crippen LogP contribution >= 0.6 is 45.9 Å². The summed E-state index contributed by atoms with van der Waals surface area (Å²) < 4.78 is 6.53. The third-order valence-corrected chi connectivity index (χ3v) is 7.15. The Morgan fingerprint density at radius 2 is 2.12 bits per heavy atom. The first-order chi connectivity index (χ1) is 16.1. The van der Waals surface area contributed by atoms with Gasteiger partial charge >= 0.3 is 0 Å². The molecular formula is C21H22Cl2N6O2S2. The van der Waals surface area contributed by atoms with Crippen LogP contribution in [0, 0.1) is 0 Å². The Kier molecular flexibility index (Phi) is 8.65. The van der Waals surface area contributed by atoms with E-state index in [0.29, 0.717) is 24.9 Å². The molecule has 12 heteroatoms. The normalized spacial score (nSPS) is 16.2. The maximum absolute atomic E-state index is 12.3. The molecule has 1 aliphatic heterocycles. The minimum atomic E-state index is -0.181. The molecule has 0 bridgehead atoms. The van der Waals surface area contributed by atoms with Crippen molar-refractivity contribution in [2.24, 2.45) is 10.2 Å². The first-order valence-electron chi connectivity index (χ1n) is 10.3. The van der Waals surface area contributed by atoms with Gasteiger partial charge in [-0.3, -0.25) is 9.69 Å². The number of anilines is 1. The number of nitrogens with zero attached hydrogens (tertiary/aromatic N) is 4. The van der Waals surface area contributed by atoms with Gasteiger partial charge in [-0.1, -0.05) is 34.5 Å². The van der Waals surface area contributed by atoms with Crippen molar-refractivity contribution in [1.29, 1.82) is 0 Å². The topological polar surface area (TPSA) is 95.0 Å². The van der Waals surface area contributed by atoms with E-state index in [2.05, 4.69) is 30.4 Å². The number of aromatic amines is 1. The largest absolute Gasteiger partial charge is 0.379 e. The van der Waals surface area contributed by atoms with Gasteiger partial charge in [0.05, 0.1) is 33.8 Å². The van der Waals surface area contributed by atoms with Crippen molar-refractivity contribution in [2.45, 2.75) is 6.42 Å². The first-order valence-corrected chi connectivity index (χ1v) is 12.7. The van der Waals surface area contributed by atoms with Gasteiger partial charge in [-0.15, -0.1) is 16.5 Å². The Hall–Kier alpha value is -2.08. The lowest BCUT2D eigenvalue weighted by Gasteiger charge is -2.26. The molecule has 3 aromatic rings. The van der Waals surface area contributed by atoms with Crippen LogP contribution in [0.25, 0.3) is 12.3 Å². The minimum absolute atomic E-state index is 0.181. The van der Waals surface area contributed by atoms with Crippen LogP contribution in [0.15, 0.2) is 39.4 Å². The molecule has 4 rings (SSSR count). The highest BCUT2D eigenvalue weighted by Crippen LogP contribution is 2.28. The number of H-pyrrole nitrogens is 1. The zero-order valence-electron chi connectivity index (χ0n) is 17.6. The highest BCUT2D eigenvalue weighted by atomic mass is 35.5. The van der Waals surface area contributed by atoms with Gasteiger partial charge in [0.15, 0.2) is 5.13 Å². The Bertz CT molecular complexity index is 1280. The van der Waals surface area contributed by atoms with Gasteiger partial charge in [-0.2, -0.15) is 5.11 Å². The lowest BCUT2D eigenvalue weighted by molar-refractivity contribution is 0.0378. The number of rotatable bonds is 8. The summed E-state index contributed by atoms with van der Waals surface area (Å²) in [5.41, 5.74) is 0.317. The predicted molar refractivity (Wildman–Crippen MR) is 136 cm³/mol. The number of azo groups is 1. The smallest absolute Gasteiger partial charge is 0.266 e. The number of hydrogen-bond donors (Lipinski definition) is 2. The summed E-state index contributed by atoms with van der Waals surface area (Å²) in [4.78, 5) is 22.8. The lowest BCUT2D eigenvalue weighted by Crippen LogP contribution is -2.37. The number of ether oxygens (including phenoxy) is 1. The molecule has 1 saturated heterocycles. The number of thiazole rings is 2. The second-order valence-electron chi connectivity index (χ2n) is 7.17. The second-order valence-corrected chi connectivity index (χ2v) is 10.2. The van der Waals surface area contributed by atoms with Gasteiger partial charge in [-0.25, -0.2) is 4.98 Å². The van der Waals surface area contributed by atoms with Gasteiger partial charge in [0.2, 0.25) is 0 Å². The molecule has 8 nitrogen and oxygen atoms in total. The van der Waals surface area contributed by atoms with E-state index in [0.717, 1.165) is 55.8 Å². The van der Waals surface area contributed by atoms with Crippen LogP contribution in [0.1, 0.15) is 11.3 Å². The van der Waals surface area contributed by atoms with E-state index in [-0.39, 0.29) is 5.56 Å². The van der Waals surface area contributed by atoms with Crippen LogP contribution < -0.4 is 20.1 Å². The SMILES string of the molecule is O=c1[nH]/c(=C/N=Nc2ccc(Cl)cc2Cl)s/c1=C\c1cnc(NCCCN2CCOCC2)s1. The van der Waals surface area contributed by atoms with Crippen molar-refractivity contribution in [3.05, 3.63) is 58.9 Å². The van der Waals surface area contributed by atoms with E-state index in [4.69, 9.17) is 27.9 Å². The van der Waals surface area contributed by atoms with Crippen molar-refractivity contribution in [2.75, 3.05) is 44.7 Å². The number of morpholine rings is 1. The maximum atomic E-state index is 12.3. The van der Waals surface area contributed by atoms with Gasteiger partial charge in [0, 0.05) is 30.9 Å². The van der Waals surface area contributed by atoms with E-state index >= 15 is 0 Å². The molecule has 0 unspecified atom stereocenters. The third kappa shape index (κ3) is 7.20. The Morgan fingerprint density at radius 3 is 2.94 bits per heavy atom. The Balaban J connectivity index is 1.35. The maximum Gasteiger partial charge on any atom is 0.266 e. The molecule has 33 heavy (non-hydrogen) atoms. The fourth-order valence-corrected chi connectivity index (χ4v) is 5.23. The molecule has 174 valence electrons. The molecule has 2 N–H and O–H groups in total. The molecule has 0 amide bonds. The first kappa shape index (κ1) is 24.1. The number of aromatic nitrogens is 2. The zero-order chi connectivity index (χ0) is 23.0. The predicted octanol–water partition coefficient (Wildman–Crippen LogP) is 3.68. The molecule has 3 heterocycles. The van der Waals surface area contributed by atoms with E-state index < -0.39 is 0 Å². The van der Waals surface area contributed by atoms with Crippen molar-refractivity contribution < 1.29 is 4.74 Å². The summed E-state index contributed by atoms with van der Waals surface area (Å²) >= 11 is 14.8. The summed E-state index contributed by atoms with van der Waals surface area (Å²) in [6, 6.07) is 4.96. The standard InChI is InChI=1S/C21H22Cl2N6O2S2/c22-14-2-3-17(16(23)10-14)28-26-13-19-27-20(30)18(33-19)11-15-12-25-21(32-15)24-4-1-5-29-6-8-31-9-7-29/h2-3,10-13H,1,4-9H2,(H,24,25)(H,27,30)/b18-11-,19-13-,28-26?. The van der Waals surface area contributed by atoms with Crippen molar-refractivity contribution in [3.8, 4) is 0 Å². The molecule has 0 saturated carbocycles. The molecule has 1 aliphatic rings. The summed E-state index contributed by atoms with van der Waals surface area (Å²) in [6.45, 7) is 5.54. The van der Waals surface area contributed by atoms with Crippen LogP contribution in [0.5, 0.6) is 0 Å². The van der Waals surface area contributed by atoms with Crippen LogP contribution in [0.4, 0.5) is 10.8 Å². The molecule has 1 fully saturated rings. The molecule has 0 aliphatic carbocycles. The van der Waals surface area contributed by atoms with Gasteiger partial charge in [0.25, 0.3) is 5.56 Å².